The Morgan fingerprint density at radius 2 is 2.21 bits per heavy atom. The van der Waals surface area contributed by atoms with E-state index in [1.807, 2.05) is 6.07 Å². The van der Waals surface area contributed by atoms with Crippen LogP contribution in [0.15, 0.2) is 36.5 Å². The topological polar surface area (TPSA) is 71.5 Å². The van der Waals surface area contributed by atoms with E-state index in [0.29, 0.717) is 15.8 Å². The smallest absolute Gasteiger partial charge is 0.410 e. The Morgan fingerprint density at radius 3 is 2.95 bits per heavy atom. The zero-order valence-corrected chi connectivity index (χ0v) is 10.6. The molecule has 2 N–H and O–H groups in total. The van der Waals surface area contributed by atoms with Crippen LogP contribution in [0.4, 0.5) is 9.93 Å². The molecule has 1 aromatic carbocycles. The first-order valence-corrected chi connectivity index (χ1v) is 6.19. The van der Waals surface area contributed by atoms with Crippen molar-refractivity contribution in [3.63, 3.8) is 0 Å². The Morgan fingerprint density at radius 1 is 1.42 bits per heavy atom. The maximum Gasteiger partial charge on any atom is 0.418 e. The number of carbonyl (C=O) groups excluding carboxylic acids is 1. The van der Waals surface area contributed by atoms with Crippen molar-refractivity contribution in [2.45, 2.75) is 0 Å². The van der Waals surface area contributed by atoms with Crippen LogP contribution in [0, 0.1) is 11.8 Å². The van der Waals surface area contributed by atoms with E-state index >= 15 is 0 Å². The second kappa shape index (κ2) is 6.54. The Bertz CT molecular complexity index is 614. The van der Waals surface area contributed by atoms with E-state index in [1.54, 1.807) is 24.3 Å². The number of aliphatic hydroxyl groups excluding tert-OH is 1. The van der Waals surface area contributed by atoms with Crippen LogP contribution in [0.5, 0.6) is 5.75 Å². The van der Waals surface area contributed by atoms with Crippen molar-refractivity contribution in [3.05, 3.63) is 41.4 Å². The summed E-state index contributed by atoms with van der Waals surface area (Å²) in [5.41, 5.74) is 0. The standard InChI is InChI=1S/C13H10N2O3S/c16-8-4-7-11-9-14-12(19-11)15-13(17)18-10-5-2-1-3-6-10/h1-3,5-6,9,16H,8H2,(H,14,15,17). The summed E-state index contributed by atoms with van der Waals surface area (Å²) in [6.45, 7) is -0.212. The number of carbonyl (C=O) groups is 1. The molecule has 0 aliphatic carbocycles. The SMILES string of the molecule is O=C(Nc1ncc(C#CCO)s1)Oc1ccccc1. The number of para-hydroxylation sites is 1. The summed E-state index contributed by atoms with van der Waals surface area (Å²) < 4.78 is 5.05. The molecule has 0 aliphatic rings. The lowest BCUT2D eigenvalue weighted by Crippen LogP contribution is -2.16. The molecule has 96 valence electrons. The Balaban J connectivity index is 1.94. The van der Waals surface area contributed by atoms with Crippen molar-refractivity contribution >= 4 is 22.6 Å². The predicted molar refractivity (Wildman–Crippen MR) is 72.2 cm³/mol. The molecule has 0 aliphatic heterocycles. The molecule has 1 aromatic heterocycles. The summed E-state index contributed by atoms with van der Waals surface area (Å²) in [6, 6.07) is 8.74. The van der Waals surface area contributed by atoms with Gasteiger partial charge in [-0.25, -0.2) is 9.78 Å². The zero-order chi connectivity index (χ0) is 13.5. The van der Waals surface area contributed by atoms with Crippen LogP contribution in [-0.2, 0) is 0 Å². The number of hydrogen-bond acceptors (Lipinski definition) is 5. The van der Waals surface area contributed by atoms with E-state index < -0.39 is 6.09 Å². The quantitative estimate of drug-likeness (QED) is 0.823. The van der Waals surface area contributed by atoms with E-state index in [1.165, 1.54) is 17.5 Å². The molecule has 6 heteroatoms. The summed E-state index contributed by atoms with van der Waals surface area (Å²) >= 11 is 1.20. The van der Waals surface area contributed by atoms with Gasteiger partial charge in [0.2, 0.25) is 0 Å². The number of nitrogens with zero attached hydrogens (tertiary/aromatic N) is 1. The number of benzene rings is 1. The Hall–Kier alpha value is -2.36. The number of ether oxygens (including phenoxy) is 1. The highest BCUT2D eigenvalue weighted by Gasteiger charge is 2.07. The summed E-state index contributed by atoms with van der Waals surface area (Å²) in [6.07, 6.45) is 0.910. The lowest BCUT2D eigenvalue weighted by atomic mass is 10.3. The van der Waals surface area contributed by atoms with Crippen LogP contribution in [0.2, 0.25) is 0 Å². The van der Waals surface area contributed by atoms with E-state index in [9.17, 15) is 4.79 Å². The highest BCUT2D eigenvalue weighted by Crippen LogP contribution is 2.17. The maximum absolute atomic E-state index is 11.6. The number of hydrogen-bond donors (Lipinski definition) is 2. The summed E-state index contributed by atoms with van der Waals surface area (Å²) in [4.78, 5) is 16.2. The van der Waals surface area contributed by atoms with Gasteiger partial charge in [-0.05, 0) is 12.1 Å². The molecule has 0 fully saturated rings. The molecule has 2 rings (SSSR count). The Kier molecular flexibility index (Phi) is 4.50. The minimum Gasteiger partial charge on any atom is -0.410 e. The number of aromatic nitrogens is 1. The molecule has 0 atom stereocenters. The van der Waals surface area contributed by atoms with Gasteiger partial charge in [-0.1, -0.05) is 41.4 Å². The average molecular weight is 274 g/mol. The second-order valence-electron chi connectivity index (χ2n) is 3.32. The molecule has 0 bridgehead atoms. The van der Waals surface area contributed by atoms with Gasteiger partial charge >= 0.3 is 6.09 Å². The average Bonchev–Trinajstić information content (AvgIpc) is 2.85. The molecule has 1 amide bonds. The molecule has 0 unspecified atom stereocenters. The molecule has 0 saturated carbocycles. The maximum atomic E-state index is 11.6. The molecule has 1 heterocycles. The van der Waals surface area contributed by atoms with Gasteiger partial charge in [-0.2, -0.15) is 0 Å². The monoisotopic (exact) mass is 274 g/mol. The predicted octanol–water partition coefficient (Wildman–Crippen LogP) is 2.10. The third-order valence-electron chi connectivity index (χ3n) is 1.96. The number of thiazole rings is 1. The fourth-order valence-electron chi connectivity index (χ4n) is 1.22. The summed E-state index contributed by atoms with van der Waals surface area (Å²) in [7, 11) is 0. The van der Waals surface area contributed by atoms with Crippen molar-refractivity contribution in [2.24, 2.45) is 0 Å². The second-order valence-corrected chi connectivity index (χ2v) is 4.35. The van der Waals surface area contributed by atoms with Crippen molar-refractivity contribution in [3.8, 4) is 17.6 Å². The third-order valence-corrected chi connectivity index (χ3v) is 2.79. The summed E-state index contributed by atoms with van der Waals surface area (Å²) in [5.74, 6) is 5.66. The van der Waals surface area contributed by atoms with Crippen LogP contribution in [0.3, 0.4) is 0 Å². The molecule has 5 nitrogen and oxygen atoms in total. The van der Waals surface area contributed by atoms with Crippen LogP contribution in [-0.4, -0.2) is 22.8 Å². The highest BCUT2D eigenvalue weighted by molar-refractivity contribution is 7.16. The Labute approximate surface area is 113 Å². The van der Waals surface area contributed by atoms with Crippen LogP contribution >= 0.6 is 11.3 Å². The number of anilines is 1. The first-order chi connectivity index (χ1) is 9.28. The molecular formula is C13H10N2O3S. The van der Waals surface area contributed by atoms with Crippen molar-refractivity contribution in [1.29, 1.82) is 0 Å². The largest absolute Gasteiger partial charge is 0.418 e. The van der Waals surface area contributed by atoms with Crippen molar-refractivity contribution in [2.75, 3.05) is 11.9 Å². The number of amides is 1. The van der Waals surface area contributed by atoms with E-state index in [2.05, 4.69) is 22.1 Å². The molecule has 0 spiro atoms. The molecular weight excluding hydrogens is 264 g/mol. The fraction of sp³-hybridized carbons (Fsp3) is 0.0769. The first-order valence-electron chi connectivity index (χ1n) is 5.37. The van der Waals surface area contributed by atoms with Crippen LogP contribution in [0.25, 0.3) is 0 Å². The van der Waals surface area contributed by atoms with Crippen LogP contribution in [0.1, 0.15) is 4.88 Å². The van der Waals surface area contributed by atoms with E-state index in [-0.39, 0.29) is 6.61 Å². The highest BCUT2D eigenvalue weighted by atomic mass is 32.1. The molecule has 0 saturated heterocycles. The van der Waals surface area contributed by atoms with Gasteiger partial charge < -0.3 is 9.84 Å². The van der Waals surface area contributed by atoms with Gasteiger partial charge in [0.15, 0.2) is 5.13 Å². The molecule has 19 heavy (non-hydrogen) atoms. The van der Waals surface area contributed by atoms with E-state index in [0.717, 1.165) is 0 Å². The number of rotatable bonds is 2. The van der Waals surface area contributed by atoms with Gasteiger partial charge in [0.1, 0.15) is 12.4 Å². The van der Waals surface area contributed by atoms with Crippen molar-refractivity contribution in [1.82, 2.24) is 4.98 Å². The van der Waals surface area contributed by atoms with Gasteiger partial charge in [-0.15, -0.1) is 0 Å². The van der Waals surface area contributed by atoms with Crippen molar-refractivity contribution < 1.29 is 14.6 Å². The summed E-state index contributed by atoms with van der Waals surface area (Å²) in [5, 5.41) is 11.5. The fourth-order valence-corrected chi connectivity index (χ4v) is 1.90. The zero-order valence-electron chi connectivity index (χ0n) is 9.79. The number of aliphatic hydroxyl groups is 1. The van der Waals surface area contributed by atoms with Crippen LogP contribution < -0.4 is 10.1 Å². The lowest BCUT2D eigenvalue weighted by Gasteiger charge is -2.03. The number of nitrogens with one attached hydrogen (secondary N) is 1. The van der Waals surface area contributed by atoms with Gasteiger partial charge in [0, 0.05) is 0 Å². The van der Waals surface area contributed by atoms with Gasteiger partial charge in [0.05, 0.1) is 11.1 Å². The van der Waals surface area contributed by atoms with Gasteiger partial charge in [-0.3, -0.25) is 5.32 Å². The van der Waals surface area contributed by atoms with E-state index in [4.69, 9.17) is 9.84 Å². The normalized spacial score (nSPS) is 9.32. The van der Waals surface area contributed by atoms with Gasteiger partial charge in [0.25, 0.3) is 0 Å². The minimum absolute atomic E-state index is 0.212. The first kappa shape index (κ1) is 13.1. The third kappa shape index (κ3) is 4.10. The molecule has 2 aromatic rings. The minimum atomic E-state index is -0.609. The molecule has 0 radical (unpaired) electrons. The lowest BCUT2D eigenvalue weighted by molar-refractivity contribution is 0.215.